The van der Waals surface area contributed by atoms with Crippen LogP contribution in [0.4, 0.5) is 4.79 Å². The molecule has 0 unspecified atom stereocenters. The number of aromatic nitrogens is 3. The molecule has 1 heterocycles. The average Bonchev–Trinajstić information content (AvgIpc) is 3.04. The Morgan fingerprint density at radius 3 is 2.80 bits per heavy atom. The quantitative estimate of drug-likeness (QED) is 0.764. The monoisotopic (exact) mass is 347 g/mol. The number of nitrogens with one attached hydrogen (secondary N) is 2. The van der Waals surface area contributed by atoms with Crippen molar-refractivity contribution >= 4 is 6.03 Å². The molecule has 0 aliphatic rings. The number of benzene rings is 1. The number of carbonyl (C=O) groups is 1. The number of carbonyl (C=O) groups excluding carboxylic acids is 1. The van der Waals surface area contributed by atoms with Crippen molar-refractivity contribution in [1.29, 1.82) is 0 Å². The summed E-state index contributed by atoms with van der Waals surface area (Å²) in [6.07, 6.45) is 2.52. The Morgan fingerprint density at radius 1 is 1.36 bits per heavy atom. The molecule has 0 aliphatic carbocycles. The van der Waals surface area contributed by atoms with Crippen LogP contribution in [0.25, 0.3) is 0 Å². The molecule has 0 saturated carbocycles. The molecule has 136 valence electrons. The van der Waals surface area contributed by atoms with E-state index in [0.717, 1.165) is 12.0 Å². The number of hydrogen-bond donors (Lipinski definition) is 2. The summed E-state index contributed by atoms with van der Waals surface area (Å²) in [6, 6.07) is 5.09. The molecule has 0 saturated heterocycles. The van der Waals surface area contributed by atoms with E-state index in [1.54, 1.807) is 18.0 Å². The minimum Gasteiger partial charge on any atom is -0.493 e. The second-order valence-corrected chi connectivity index (χ2v) is 5.68. The maximum atomic E-state index is 12.1. The van der Waals surface area contributed by atoms with Crippen LogP contribution in [0.3, 0.4) is 0 Å². The van der Waals surface area contributed by atoms with E-state index in [0.29, 0.717) is 30.5 Å². The van der Waals surface area contributed by atoms with Crippen molar-refractivity contribution in [3.63, 3.8) is 0 Å². The van der Waals surface area contributed by atoms with E-state index in [-0.39, 0.29) is 12.1 Å². The molecule has 0 fully saturated rings. The van der Waals surface area contributed by atoms with Gasteiger partial charge >= 0.3 is 6.03 Å². The third-order valence-corrected chi connectivity index (χ3v) is 3.62. The first kappa shape index (κ1) is 18.6. The number of aryl methyl sites for hydroxylation is 1. The van der Waals surface area contributed by atoms with Gasteiger partial charge in [0.05, 0.1) is 19.8 Å². The van der Waals surface area contributed by atoms with Gasteiger partial charge in [0.1, 0.15) is 6.33 Å². The van der Waals surface area contributed by atoms with Crippen LogP contribution in [0.15, 0.2) is 24.5 Å². The third-order valence-electron chi connectivity index (χ3n) is 3.62. The minimum atomic E-state index is -0.277. The number of hydrogen-bond acceptors (Lipinski definition) is 5. The lowest BCUT2D eigenvalue weighted by Gasteiger charge is -2.15. The summed E-state index contributed by atoms with van der Waals surface area (Å²) >= 11 is 0. The molecule has 8 nitrogen and oxygen atoms in total. The highest BCUT2D eigenvalue weighted by atomic mass is 16.5. The molecule has 0 bridgehead atoms. The zero-order valence-corrected chi connectivity index (χ0v) is 15.1. The van der Waals surface area contributed by atoms with Crippen LogP contribution in [0.1, 0.15) is 37.7 Å². The molecule has 2 rings (SSSR count). The fourth-order valence-electron chi connectivity index (χ4n) is 2.33. The van der Waals surface area contributed by atoms with Gasteiger partial charge in [0.15, 0.2) is 17.3 Å². The number of rotatable bonds is 8. The van der Waals surface area contributed by atoms with Crippen LogP contribution in [0.2, 0.25) is 0 Å². The van der Waals surface area contributed by atoms with Gasteiger partial charge in [-0.15, -0.1) is 10.2 Å². The molecular weight excluding hydrogens is 322 g/mol. The van der Waals surface area contributed by atoms with Crippen LogP contribution in [0.5, 0.6) is 11.5 Å². The van der Waals surface area contributed by atoms with Crippen molar-refractivity contribution in [1.82, 2.24) is 25.4 Å². The van der Waals surface area contributed by atoms with Crippen LogP contribution < -0.4 is 20.1 Å². The number of ether oxygens (including phenoxy) is 2. The largest absolute Gasteiger partial charge is 0.493 e. The maximum absolute atomic E-state index is 12.1. The van der Waals surface area contributed by atoms with Gasteiger partial charge in [0, 0.05) is 13.6 Å². The lowest BCUT2D eigenvalue weighted by atomic mass is 10.2. The van der Waals surface area contributed by atoms with Crippen molar-refractivity contribution in [2.24, 2.45) is 7.05 Å². The zero-order chi connectivity index (χ0) is 18.2. The van der Waals surface area contributed by atoms with Gasteiger partial charge in [-0.2, -0.15) is 0 Å². The molecule has 2 N–H and O–H groups in total. The number of urea groups is 1. The van der Waals surface area contributed by atoms with E-state index in [4.69, 9.17) is 9.47 Å². The first-order valence-corrected chi connectivity index (χ1v) is 8.23. The van der Waals surface area contributed by atoms with Gasteiger partial charge in [-0.3, -0.25) is 0 Å². The molecule has 25 heavy (non-hydrogen) atoms. The van der Waals surface area contributed by atoms with Gasteiger partial charge in [-0.1, -0.05) is 13.0 Å². The summed E-state index contributed by atoms with van der Waals surface area (Å²) in [5.41, 5.74) is 0.919. The highest BCUT2D eigenvalue weighted by Crippen LogP contribution is 2.28. The lowest BCUT2D eigenvalue weighted by molar-refractivity contribution is 0.237. The Hall–Kier alpha value is -2.77. The Bertz CT molecular complexity index is 701. The molecule has 0 spiro atoms. The van der Waals surface area contributed by atoms with Crippen LogP contribution in [0, 0.1) is 0 Å². The molecule has 0 radical (unpaired) electrons. The normalized spacial score (nSPS) is 11.7. The van der Waals surface area contributed by atoms with Crippen molar-refractivity contribution in [3.05, 3.63) is 35.9 Å². The number of methoxy groups -OCH3 is 1. The van der Waals surface area contributed by atoms with Crippen LogP contribution in [-0.2, 0) is 13.6 Å². The predicted octanol–water partition coefficient (Wildman–Crippen LogP) is 2.17. The van der Waals surface area contributed by atoms with Crippen molar-refractivity contribution < 1.29 is 14.3 Å². The summed E-state index contributed by atoms with van der Waals surface area (Å²) in [7, 11) is 3.43. The molecule has 2 amide bonds. The van der Waals surface area contributed by atoms with Gasteiger partial charge in [0.2, 0.25) is 0 Å². The van der Waals surface area contributed by atoms with Gasteiger partial charge in [-0.25, -0.2) is 4.79 Å². The molecule has 2 aromatic rings. The predicted molar refractivity (Wildman–Crippen MR) is 93.6 cm³/mol. The SMILES string of the molecule is CCCOc1ccc(CNC(=O)N[C@@H](C)c2nncn2C)cc1OC. The Kier molecular flexibility index (Phi) is 6.62. The fourth-order valence-corrected chi connectivity index (χ4v) is 2.33. The van der Waals surface area contributed by atoms with Gasteiger partial charge in [0.25, 0.3) is 0 Å². The standard InChI is InChI=1S/C17H25N5O3/c1-5-8-25-14-7-6-13(9-15(14)24-4)10-18-17(23)20-12(2)16-21-19-11-22(16)3/h6-7,9,11-12H,5,8,10H2,1-4H3,(H2,18,20,23)/t12-/m0/s1. The minimum absolute atomic E-state index is 0.244. The number of amides is 2. The second kappa shape index (κ2) is 8.91. The molecule has 1 aromatic heterocycles. The smallest absolute Gasteiger partial charge is 0.315 e. The molecule has 0 aliphatic heterocycles. The average molecular weight is 347 g/mol. The van der Waals surface area contributed by atoms with Gasteiger partial charge < -0.3 is 24.7 Å². The van der Waals surface area contributed by atoms with E-state index in [1.807, 2.05) is 39.1 Å². The summed E-state index contributed by atoms with van der Waals surface area (Å²) in [5, 5.41) is 13.4. The highest BCUT2D eigenvalue weighted by molar-refractivity contribution is 5.74. The third kappa shape index (κ3) is 5.10. The Labute approximate surface area is 147 Å². The van der Waals surface area contributed by atoms with E-state index < -0.39 is 0 Å². The second-order valence-electron chi connectivity index (χ2n) is 5.68. The van der Waals surface area contributed by atoms with E-state index >= 15 is 0 Å². The summed E-state index contributed by atoms with van der Waals surface area (Å²) in [5.74, 6) is 2.04. The summed E-state index contributed by atoms with van der Waals surface area (Å²) in [4.78, 5) is 12.1. The number of nitrogens with zero attached hydrogens (tertiary/aromatic N) is 3. The topological polar surface area (TPSA) is 90.3 Å². The van der Waals surface area contributed by atoms with E-state index in [1.165, 1.54) is 0 Å². The van der Waals surface area contributed by atoms with Gasteiger partial charge in [-0.05, 0) is 31.0 Å². The van der Waals surface area contributed by atoms with Crippen LogP contribution >= 0.6 is 0 Å². The highest BCUT2D eigenvalue weighted by Gasteiger charge is 2.14. The van der Waals surface area contributed by atoms with Crippen molar-refractivity contribution in [3.8, 4) is 11.5 Å². The summed E-state index contributed by atoms with van der Waals surface area (Å²) in [6.45, 7) is 4.91. The Balaban J connectivity index is 1.89. The van der Waals surface area contributed by atoms with Crippen molar-refractivity contribution in [2.75, 3.05) is 13.7 Å². The maximum Gasteiger partial charge on any atom is 0.315 e. The zero-order valence-electron chi connectivity index (χ0n) is 15.1. The summed E-state index contributed by atoms with van der Waals surface area (Å²) < 4.78 is 12.7. The molecule has 1 atom stereocenters. The first-order chi connectivity index (χ1) is 12.0. The molecular formula is C17H25N5O3. The lowest BCUT2D eigenvalue weighted by Crippen LogP contribution is -2.37. The Morgan fingerprint density at radius 2 is 2.16 bits per heavy atom. The van der Waals surface area contributed by atoms with E-state index in [2.05, 4.69) is 20.8 Å². The first-order valence-electron chi connectivity index (χ1n) is 8.23. The molecule has 8 heteroatoms. The fraction of sp³-hybridized carbons (Fsp3) is 0.471. The van der Waals surface area contributed by atoms with E-state index in [9.17, 15) is 4.79 Å². The van der Waals surface area contributed by atoms with Crippen LogP contribution in [-0.4, -0.2) is 34.5 Å². The molecule has 1 aromatic carbocycles. The van der Waals surface area contributed by atoms with Crippen molar-refractivity contribution in [2.45, 2.75) is 32.9 Å².